The van der Waals surface area contributed by atoms with E-state index in [2.05, 4.69) is 5.32 Å². The number of halogens is 1. The lowest BCUT2D eigenvalue weighted by molar-refractivity contribution is -0.137. The molecule has 168 valence electrons. The van der Waals surface area contributed by atoms with Gasteiger partial charge in [-0.1, -0.05) is 24.3 Å². The molecule has 1 aliphatic heterocycles. The highest BCUT2D eigenvalue weighted by Gasteiger charge is 2.39. The number of rotatable bonds is 8. The minimum Gasteiger partial charge on any atom is -0.497 e. The van der Waals surface area contributed by atoms with Gasteiger partial charge >= 0.3 is 0 Å². The molecule has 6 nitrogen and oxygen atoms in total. The number of carbonyl (C=O) groups is 2. The van der Waals surface area contributed by atoms with Gasteiger partial charge in [-0.05, 0) is 66.6 Å². The highest BCUT2D eigenvalue weighted by molar-refractivity contribution is 6.36. The first kappa shape index (κ1) is 22.1. The minimum atomic E-state index is -0.455. The first-order chi connectivity index (χ1) is 16.0. The van der Waals surface area contributed by atoms with Gasteiger partial charge in [0.2, 0.25) is 0 Å². The first-order valence-electron chi connectivity index (χ1n) is 10.5. The Morgan fingerprint density at radius 3 is 2.09 bits per heavy atom. The van der Waals surface area contributed by atoms with Crippen LogP contribution in [0.1, 0.15) is 18.1 Å². The van der Waals surface area contributed by atoms with Gasteiger partial charge in [0.05, 0.1) is 25.8 Å². The van der Waals surface area contributed by atoms with Crippen molar-refractivity contribution in [1.29, 1.82) is 0 Å². The largest absolute Gasteiger partial charge is 0.497 e. The molecule has 0 bridgehead atoms. The van der Waals surface area contributed by atoms with Crippen molar-refractivity contribution in [2.75, 3.05) is 19.0 Å². The summed E-state index contributed by atoms with van der Waals surface area (Å²) in [6.45, 7) is 2.53. The number of ether oxygens (including phenoxy) is 2. The Labute approximate surface area is 191 Å². The molecule has 3 aromatic rings. The highest BCUT2D eigenvalue weighted by Crippen LogP contribution is 2.32. The van der Waals surface area contributed by atoms with Crippen LogP contribution in [0.4, 0.5) is 10.1 Å². The quantitative estimate of drug-likeness (QED) is 0.511. The molecule has 3 aromatic carbocycles. The van der Waals surface area contributed by atoms with E-state index in [1.165, 1.54) is 29.2 Å². The number of nitrogens with one attached hydrogen (secondary N) is 1. The summed E-state index contributed by atoms with van der Waals surface area (Å²) in [5.74, 6) is 0.0543. The Bertz CT molecular complexity index is 1190. The van der Waals surface area contributed by atoms with Crippen LogP contribution in [0.5, 0.6) is 11.5 Å². The molecule has 0 atom stereocenters. The van der Waals surface area contributed by atoms with Crippen LogP contribution in [0.2, 0.25) is 0 Å². The lowest BCUT2D eigenvalue weighted by Gasteiger charge is -2.16. The second-order valence-corrected chi connectivity index (χ2v) is 7.38. The van der Waals surface area contributed by atoms with Crippen molar-refractivity contribution in [3.05, 3.63) is 95.4 Å². The molecule has 7 heteroatoms. The number of benzene rings is 3. The van der Waals surface area contributed by atoms with Gasteiger partial charge in [-0.25, -0.2) is 4.39 Å². The normalized spacial score (nSPS) is 13.5. The monoisotopic (exact) mass is 446 g/mol. The predicted molar refractivity (Wildman–Crippen MR) is 123 cm³/mol. The summed E-state index contributed by atoms with van der Waals surface area (Å²) in [6, 6.07) is 19.8. The van der Waals surface area contributed by atoms with Crippen LogP contribution < -0.4 is 14.8 Å². The van der Waals surface area contributed by atoms with E-state index >= 15 is 0 Å². The molecular formula is C26H23FN2O4. The molecule has 33 heavy (non-hydrogen) atoms. The summed E-state index contributed by atoms with van der Waals surface area (Å²) in [6.07, 6.45) is 0. The zero-order valence-corrected chi connectivity index (χ0v) is 18.3. The first-order valence-corrected chi connectivity index (χ1v) is 10.5. The van der Waals surface area contributed by atoms with Gasteiger partial charge in [-0.15, -0.1) is 0 Å². The summed E-state index contributed by atoms with van der Waals surface area (Å²) in [4.78, 5) is 27.8. The molecule has 0 aliphatic carbocycles. The number of methoxy groups -OCH3 is 1. The molecule has 0 saturated carbocycles. The third-order valence-corrected chi connectivity index (χ3v) is 5.24. The lowest BCUT2D eigenvalue weighted by atomic mass is 10.0. The number of hydrogen-bond donors (Lipinski definition) is 1. The fourth-order valence-corrected chi connectivity index (χ4v) is 3.58. The fourth-order valence-electron chi connectivity index (χ4n) is 3.58. The van der Waals surface area contributed by atoms with Crippen LogP contribution in [-0.2, 0) is 16.1 Å². The van der Waals surface area contributed by atoms with Gasteiger partial charge in [-0.2, -0.15) is 0 Å². The van der Waals surface area contributed by atoms with Crippen molar-refractivity contribution in [3.8, 4) is 11.5 Å². The second kappa shape index (κ2) is 9.56. The smallest absolute Gasteiger partial charge is 0.278 e. The molecule has 1 N–H and O–H groups in total. The Balaban J connectivity index is 1.67. The van der Waals surface area contributed by atoms with Crippen LogP contribution in [-0.4, -0.2) is 30.4 Å². The molecule has 1 heterocycles. The Hall–Kier alpha value is -4.13. The third-order valence-electron chi connectivity index (χ3n) is 5.24. The van der Waals surface area contributed by atoms with E-state index in [4.69, 9.17) is 9.47 Å². The summed E-state index contributed by atoms with van der Waals surface area (Å²) in [5.41, 5.74) is 2.20. The van der Waals surface area contributed by atoms with E-state index in [1.807, 2.05) is 6.92 Å². The summed E-state index contributed by atoms with van der Waals surface area (Å²) in [7, 11) is 1.57. The van der Waals surface area contributed by atoms with Crippen molar-refractivity contribution in [3.63, 3.8) is 0 Å². The van der Waals surface area contributed by atoms with Crippen LogP contribution in [0.3, 0.4) is 0 Å². The lowest BCUT2D eigenvalue weighted by Crippen LogP contribution is -2.32. The van der Waals surface area contributed by atoms with Gasteiger partial charge in [0.1, 0.15) is 23.0 Å². The molecule has 2 amide bonds. The van der Waals surface area contributed by atoms with E-state index in [-0.39, 0.29) is 17.8 Å². The molecule has 0 radical (unpaired) electrons. The molecule has 0 spiro atoms. The molecule has 0 aromatic heterocycles. The summed E-state index contributed by atoms with van der Waals surface area (Å²) >= 11 is 0. The minimum absolute atomic E-state index is 0.0980. The van der Waals surface area contributed by atoms with Crippen molar-refractivity contribution >= 4 is 23.1 Å². The molecule has 0 saturated heterocycles. The van der Waals surface area contributed by atoms with Gasteiger partial charge in [0.15, 0.2) is 0 Å². The van der Waals surface area contributed by atoms with Crippen molar-refractivity contribution in [1.82, 2.24) is 4.90 Å². The topological polar surface area (TPSA) is 67.9 Å². The maximum atomic E-state index is 13.5. The van der Waals surface area contributed by atoms with Gasteiger partial charge in [-0.3, -0.25) is 14.5 Å². The van der Waals surface area contributed by atoms with Crippen molar-refractivity contribution in [2.24, 2.45) is 0 Å². The summed E-state index contributed by atoms with van der Waals surface area (Å²) < 4.78 is 24.1. The van der Waals surface area contributed by atoms with Gasteiger partial charge < -0.3 is 14.8 Å². The van der Waals surface area contributed by atoms with Crippen LogP contribution in [0.25, 0.3) is 5.57 Å². The fraction of sp³-hybridized carbons (Fsp3) is 0.154. The Morgan fingerprint density at radius 2 is 1.48 bits per heavy atom. The van der Waals surface area contributed by atoms with Crippen LogP contribution in [0, 0.1) is 5.82 Å². The number of hydrogen-bond acceptors (Lipinski definition) is 5. The molecular weight excluding hydrogens is 423 g/mol. The third kappa shape index (κ3) is 4.72. The maximum absolute atomic E-state index is 13.5. The maximum Gasteiger partial charge on any atom is 0.278 e. The van der Waals surface area contributed by atoms with Crippen molar-refractivity contribution < 1.29 is 23.5 Å². The predicted octanol–water partition coefficient (Wildman–Crippen LogP) is 4.63. The molecule has 1 aliphatic rings. The average Bonchev–Trinajstić information content (AvgIpc) is 3.06. The average molecular weight is 446 g/mol. The van der Waals surface area contributed by atoms with E-state index in [0.29, 0.717) is 29.4 Å². The highest BCUT2D eigenvalue weighted by atomic mass is 19.1. The van der Waals surface area contributed by atoms with E-state index in [9.17, 15) is 14.0 Å². The Morgan fingerprint density at radius 1 is 0.848 bits per heavy atom. The standard InChI is InChI=1S/C26H23FN2O4/c1-3-33-22-14-10-20(11-15-22)28-24-23(18-6-8-19(27)9-7-18)25(30)29(26(24)31)16-17-4-12-21(32-2)13-5-17/h4-15,28H,3,16H2,1-2H3. The zero-order chi connectivity index (χ0) is 23.4. The molecule has 0 fully saturated rings. The summed E-state index contributed by atoms with van der Waals surface area (Å²) in [5, 5.41) is 3.09. The number of amides is 2. The second-order valence-electron chi connectivity index (χ2n) is 7.38. The molecule has 0 unspecified atom stereocenters. The number of nitrogens with zero attached hydrogens (tertiary/aromatic N) is 1. The van der Waals surface area contributed by atoms with Gasteiger partial charge in [0.25, 0.3) is 11.8 Å². The van der Waals surface area contributed by atoms with Crippen LogP contribution >= 0.6 is 0 Å². The molecule has 4 rings (SSSR count). The van der Waals surface area contributed by atoms with Crippen molar-refractivity contribution in [2.45, 2.75) is 13.5 Å². The number of anilines is 1. The van der Waals surface area contributed by atoms with Crippen LogP contribution in [0.15, 0.2) is 78.5 Å². The van der Waals surface area contributed by atoms with E-state index in [1.54, 1.807) is 55.6 Å². The van der Waals surface area contributed by atoms with E-state index < -0.39 is 17.6 Å². The number of imide groups is 1. The van der Waals surface area contributed by atoms with Gasteiger partial charge in [0, 0.05) is 5.69 Å². The SMILES string of the molecule is CCOc1ccc(NC2=C(c3ccc(F)cc3)C(=O)N(Cc3ccc(OC)cc3)C2=O)cc1. The Kier molecular flexibility index (Phi) is 6.40. The van der Waals surface area contributed by atoms with E-state index in [0.717, 1.165) is 5.56 Å². The zero-order valence-electron chi connectivity index (χ0n) is 18.3. The number of carbonyl (C=O) groups excluding carboxylic acids is 2.